The molecule has 1 aliphatic rings. The van der Waals surface area contributed by atoms with E-state index in [-0.39, 0.29) is 5.91 Å². The Morgan fingerprint density at radius 2 is 2.00 bits per heavy atom. The van der Waals surface area contributed by atoms with E-state index in [9.17, 15) is 4.79 Å². The first-order chi connectivity index (χ1) is 9.79. The van der Waals surface area contributed by atoms with Crippen molar-refractivity contribution < 1.29 is 13.9 Å². The third kappa shape index (κ3) is 2.23. The first-order valence-corrected chi connectivity index (χ1v) is 6.33. The van der Waals surface area contributed by atoms with E-state index in [1.165, 1.54) is 0 Å². The van der Waals surface area contributed by atoms with Gasteiger partial charge < -0.3 is 14.5 Å². The Balaban J connectivity index is 1.94. The molecule has 5 nitrogen and oxygen atoms in total. The lowest BCUT2D eigenvalue weighted by atomic mass is 10.1. The highest BCUT2D eigenvalue weighted by molar-refractivity contribution is 6.40. The number of carbonyl (C=O) groups is 1. The third-order valence-corrected chi connectivity index (χ3v) is 3.12. The van der Waals surface area contributed by atoms with Crippen molar-refractivity contribution in [3.8, 4) is 0 Å². The summed E-state index contributed by atoms with van der Waals surface area (Å²) in [6, 6.07) is 13.1. The van der Waals surface area contributed by atoms with Crippen molar-refractivity contribution in [2.45, 2.75) is 12.3 Å². The molecule has 0 saturated carbocycles. The van der Waals surface area contributed by atoms with Gasteiger partial charge in [0, 0.05) is 12.6 Å². The van der Waals surface area contributed by atoms with Gasteiger partial charge >= 0.3 is 0 Å². The van der Waals surface area contributed by atoms with Crippen LogP contribution in [0.1, 0.15) is 23.7 Å². The Labute approximate surface area is 116 Å². The van der Waals surface area contributed by atoms with Gasteiger partial charge in [0.15, 0.2) is 12.3 Å². The number of ether oxygens (including phenoxy) is 1. The Hall–Kier alpha value is -2.40. The molecular formula is C15H14N2O3. The number of hydrogen-bond acceptors (Lipinski definition) is 4. The van der Waals surface area contributed by atoms with Crippen LogP contribution in [0.5, 0.6) is 0 Å². The summed E-state index contributed by atoms with van der Waals surface area (Å²) in [7, 11) is 1.57. The topological polar surface area (TPSA) is 63.8 Å². The first kappa shape index (κ1) is 12.6. The highest BCUT2D eigenvalue weighted by atomic mass is 16.5. The van der Waals surface area contributed by atoms with Gasteiger partial charge in [-0.25, -0.2) is 4.99 Å². The number of nitrogens with zero attached hydrogens (tertiary/aromatic N) is 1. The van der Waals surface area contributed by atoms with Gasteiger partial charge in [-0.05, 0) is 12.1 Å². The zero-order chi connectivity index (χ0) is 13.9. The maximum Gasteiger partial charge on any atom is 0.268 e. The van der Waals surface area contributed by atoms with Crippen LogP contribution in [0, 0.1) is 0 Å². The van der Waals surface area contributed by atoms with Crippen LogP contribution >= 0.6 is 0 Å². The minimum atomic E-state index is -0.574. The van der Waals surface area contributed by atoms with E-state index in [1.54, 1.807) is 25.4 Å². The molecule has 1 N–H and O–H groups in total. The standard InChI is InChI=1S/C15H14N2O3/c1-16-14(18)12-13(11-8-5-9-19-11)20-15(17-12)10-6-3-2-4-7-10/h2-9,13,15H,1H3,(H,16,18)/t13-,15-/m1/s1. The molecule has 1 aliphatic heterocycles. The molecule has 0 unspecified atom stereocenters. The van der Waals surface area contributed by atoms with E-state index in [1.807, 2.05) is 30.3 Å². The van der Waals surface area contributed by atoms with Crippen LogP contribution in [0.15, 0.2) is 58.1 Å². The van der Waals surface area contributed by atoms with Gasteiger partial charge in [-0.1, -0.05) is 30.3 Å². The fraction of sp³-hybridized carbons (Fsp3) is 0.200. The van der Waals surface area contributed by atoms with Gasteiger partial charge in [-0.3, -0.25) is 4.79 Å². The molecule has 2 atom stereocenters. The fourth-order valence-corrected chi connectivity index (χ4v) is 2.14. The molecule has 0 saturated heterocycles. The van der Waals surface area contributed by atoms with Crippen LogP contribution < -0.4 is 5.32 Å². The average Bonchev–Trinajstić information content (AvgIpc) is 3.16. The zero-order valence-electron chi connectivity index (χ0n) is 10.9. The normalized spacial score (nSPS) is 21.6. The van der Waals surface area contributed by atoms with Crippen molar-refractivity contribution in [3.63, 3.8) is 0 Å². The smallest absolute Gasteiger partial charge is 0.268 e. The van der Waals surface area contributed by atoms with Crippen LogP contribution in [0.2, 0.25) is 0 Å². The number of rotatable bonds is 3. The summed E-state index contributed by atoms with van der Waals surface area (Å²) >= 11 is 0. The maximum absolute atomic E-state index is 11.9. The van der Waals surface area contributed by atoms with E-state index in [0.29, 0.717) is 11.5 Å². The molecule has 20 heavy (non-hydrogen) atoms. The number of amides is 1. The predicted molar refractivity (Wildman–Crippen MR) is 73.2 cm³/mol. The van der Waals surface area contributed by atoms with Crippen LogP contribution in [-0.4, -0.2) is 18.7 Å². The van der Waals surface area contributed by atoms with Crippen molar-refractivity contribution in [2.24, 2.45) is 4.99 Å². The zero-order valence-corrected chi connectivity index (χ0v) is 10.9. The number of hydrogen-bond donors (Lipinski definition) is 1. The summed E-state index contributed by atoms with van der Waals surface area (Å²) < 4.78 is 11.2. The second-order valence-corrected chi connectivity index (χ2v) is 4.39. The van der Waals surface area contributed by atoms with Gasteiger partial charge in [-0.2, -0.15) is 0 Å². The van der Waals surface area contributed by atoms with Gasteiger partial charge in [-0.15, -0.1) is 0 Å². The molecule has 3 rings (SSSR count). The Morgan fingerprint density at radius 1 is 1.20 bits per heavy atom. The highest BCUT2D eigenvalue weighted by Crippen LogP contribution is 2.35. The van der Waals surface area contributed by atoms with E-state index >= 15 is 0 Å². The second kappa shape index (κ2) is 5.30. The summed E-state index contributed by atoms with van der Waals surface area (Å²) in [6.45, 7) is 0. The highest BCUT2D eigenvalue weighted by Gasteiger charge is 2.36. The molecule has 1 amide bonds. The molecule has 5 heteroatoms. The SMILES string of the molecule is CNC(=O)C1=N[C@@H](c2ccccc2)O[C@@H]1c1ccco1. The maximum atomic E-state index is 11.9. The van der Waals surface area contributed by atoms with Crippen molar-refractivity contribution in [1.29, 1.82) is 0 Å². The minimum absolute atomic E-state index is 0.259. The van der Waals surface area contributed by atoms with E-state index in [2.05, 4.69) is 10.3 Å². The monoisotopic (exact) mass is 270 g/mol. The molecular weight excluding hydrogens is 256 g/mol. The third-order valence-electron chi connectivity index (χ3n) is 3.12. The number of aliphatic imine (C=N–C) groups is 1. The molecule has 0 radical (unpaired) electrons. The van der Waals surface area contributed by atoms with Gasteiger partial charge in [0.05, 0.1) is 6.26 Å². The molecule has 102 valence electrons. The number of carbonyl (C=O) groups excluding carboxylic acids is 1. The van der Waals surface area contributed by atoms with Gasteiger partial charge in [0.25, 0.3) is 5.91 Å². The van der Waals surface area contributed by atoms with Crippen LogP contribution in [0.4, 0.5) is 0 Å². The molecule has 0 bridgehead atoms. The van der Waals surface area contributed by atoms with Gasteiger partial charge in [0.2, 0.25) is 0 Å². The second-order valence-electron chi connectivity index (χ2n) is 4.39. The first-order valence-electron chi connectivity index (χ1n) is 6.33. The Kier molecular flexibility index (Phi) is 3.35. The van der Waals surface area contributed by atoms with Crippen molar-refractivity contribution >= 4 is 11.6 Å². The molecule has 0 aliphatic carbocycles. The minimum Gasteiger partial charge on any atom is -0.466 e. The Morgan fingerprint density at radius 3 is 2.65 bits per heavy atom. The van der Waals surface area contributed by atoms with Crippen LogP contribution in [0.3, 0.4) is 0 Å². The summed E-state index contributed by atoms with van der Waals surface area (Å²) in [6.07, 6.45) is 0.490. The lowest BCUT2D eigenvalue weighted by Crippen LogP contribution is -2.30. The molecule has 0 spiro atoms. The summed E-state index contributed by atoms with van der Waals surface area (Å²) in [4.78, 5) is 16.3. The lowest BCUT2D eigenvalue weighted by Gasteiger charge is -2.12. The van der Waals surface area contributed by atoms with E-state index in [4.69, 9.17) is 9.15 Å². The number of furan rings is 1. The largest absolute Gasteiger partial charge is 0.466 e. The lowest BCUT2D eigenvalue weighted by molar-refractivity contribution is -0.114. The average molecular weight is 270 g/mol. The quantitative estimate of drug-likeness (QED) is 0.930. The number of nitrogens with one attached hydrogen (secondary N) is 1. The molecule has 1 aromatic carbocycles. The Bertz CT molecular complexity index is 620. The van der Waals surface area contributed by atoms with Crippen LogP contribution in [0.25, 0.3) is 0 Å². The van der Waals surface area contributed by atoms with Crippen LogP contribution in [-0.2, 0) is 9.53 Å². The molecule has 0 fully saturated rings. The van der Waals surface area contributed by atoms with E-state index in [0.717, 1.165) is 5.56 Å². The van der Waals surface area contributed by atoms with E-state index < -0.39 is 12.3 Å². The summed E-state index contributed by atoms with van der Waals surface area (Å²) in [5, 5.41) is 2.58. The molecule has 2 heterocycles. The van der Waals surface area contributed by atoms with Crippen molar-refractivity contribution in [1.82, 2.24) is 5.32 Å². The number of benzene rings is 1. The summed E-state index contributed by atoms with van der Waals surface area (Å²) in [5.41, 5.74) is 1.24. The molecule has 2 aromatic rings. The fourth-order valence-electron chi connectivity index (χ4n) is 2.14. The van der Waals surface area contributed by atoms with Crippen molar-refractivity contribution in [3.05, 3.63) is 60.1 Å². The molecule has 1 aromatic heterocycles. The van der Waals surface area contributed by atoms with Gasteiger partial charge in [0.1, 0.15) is 11.5 Å². The van der Waals surface area contributed by atoms with Crippen molar-refractivity contribution in [2.75, 3.05) is 7.05 Å². The predicted octanol–water partition coefficient (Wildman–Crippen LogP) is 2.24. The summed E-state index contributed by atoms with van der Waals surface area (Å²) in [5.74, 6) is 0.315.